The van der Waals surface area contributed by atoms with Gasteiger partial charge in [-0.05, 0) is 54.8 Å². The minimum Gasteiger partial charge on any atom is -0.271 e. The predicted octanol–water partition coefficient (Wildman–Crippen LogP) is 3.41. The average molecular weight is 471 g/mol. The topological polar surface area (TPSA) is 78.8 Å². The zero-order valence-corrected chi connectivity index (χ0v) is 17.3. The summed E-state index contributed by atoms with van der Waals surface area (Å²) < 4.78 is 27.9. The number of sulfonamides is 1. The largest absolute Gasteiger partial charge is 0.271 e. The van der Waals surface area contributed by atoms with Crippen LogP contribution in [-0.2, 0) is 14.8 Å². The lowest BCUT2D eigenvalue weighted by molar-refractivity contribution is -0.124. The molecule has 142 valence electrons. The SMILES string of the molecule is O=C(N/N=C/c1ccc(Br)cc1)C1CCCN1S(=O)(=O)c1ccc(Cl)cc1. The number of carbonyl (C=O) groups is 1. The van der Waals surface area contributed by atoms with Crippen LogP contribution < -0.4 is 5.43 Å². The van der Waals surface area contributed by atoms with E-state index >= 15 is 0 Å². The Morgan fingerprint density at radius 1 is 1.19 bits per heavy atom. The van der Waals surface area contributed by atoms with Gasteiger partial charge in [-0.3, -0.25) is 4.79 Å². The lowest BCUT2D eigenvalue weighted by atomic mass is 10.2. The molecule has 1 amide bonds. The molecule has 1 saturated heterocycles. The second-order valence-corrected chi connectivity index (χ2v) is 9.26. The number of rotatable bonds is 5. The van der Waals surface area contributed by atoms with E-state index in [1.807, 2.05) is 24.3 Å². The molecule has 3 rings (SSSR count). The van der Waals surface area contributed by atoms with Crippen LogP contribution in [0.3, 0.4) is 0 Å². The van der Waals surface area contributed by atoms with Crippen molar-refractivity contribution in [3.8, 4) is 0 Å². The van der Waals surface area contributed by atoms with E-state index in [-0.39, 0.29) is 4.90 Å². The third-order valence-corrected chi connectivity index (χ3v) is 6.89. The molecule has 0 spiro atoms. The van der Waals surface area contributed by atoms with Crippen LogP contribution in [0.5, 0.6) is 0 Å². The highest BCUT2D eigenvalue weighted by atomic mass is 79.9. The molecular weight excluding hydrogens is 454 g/mol. The quantitative estimate of drug-likeness (QED) is 0.537. The van der Waals surface area contributed by atoms with E-state index in [0.717, 1.165) is 10.0 Å². The van der Waals surface area contributed by atoms with Gasteiger partial charge in [-0.2, -0.15) is 9.41 Å². The van der Waals surface area contributed by atoms with E-state index in [9.17, 15) is 13.2 Å². The molecule has 9 heteroatoms. The van der Waals surface area contributed by atoms with Crippen LogP contribution in [0.4, 0.5) is 0 Å². The van der Waals surface area contributed by atoms with Crippen molar-refractivity contribution in [2.24, 2.45) is 5.10 Å². The van der Waals surface area contributed by atoms with Gasteiger partial charge in [-0.25, -0.2) is 13.8 Å². The van der Waals surface area contributed by atoms with E-state index < -0.39 is 22.0 Å². The lowest BCUT2D eigenvalue weighted by Crippen LogP contribution is -2.44. The Labute approximate surface area is 171 Å². The van der Waals surface area contributed by atoms with Crippen molar-refractivity contribution in [1.82, 2.24) is 9.73 Å². The molecule has 1 atom stereocenters. The summed E-state index contributed by atoms with van der Waals surface area (Å²) in [6.07, 6.45) is 2.57. The van der Waals surface area contributed by atoms with Crippen molar-refractivity contribution in [2.45, 2.75) is 23.8 Å². The first-order valence-electron chi connectivity index (χ1n) is 8.24. The van der Waals surface area contributed by atoms with Gasteiger partial charge in [0.2, 0.25) is 10.0 Å². The van der Waals surface area contributed by atoms with Crippen LogP contribution >= 0.6 is 27.5 Å². The fourth-order valence-electron chi connectivity index (χ4n) is 2.83. The van der Waals surface area contributed by atoms with Crippen molar-refractivity contribution >= 4 is 49.7 Å². The third kappa shape index (κ3) is 4.76. The molecule has 0 saturated carbocycles. The first kappa shape index (κ1) is 20.0. The number of amides is 1. The Bertz CT molecular complexity index is 947. The van der Waals surface area contributed by atoms with Gasteiger partial charge in [0.15, 0.2) is 0 Å². The van der Waals surface area contributed by atoms with Gasteiger partial charge >= 0.3 is 0 Å². The second kappa shape index (κ2) is 8.52. The lowest BCUT2D eigenvalue weighted by Gasteiger charge is -2.22. The third-order valence-electron chi connectivity index (χ3n) is 4.18. The van der Waals surface area contributed by atoms with Crippen LogP contribution in [0.2, 0.25) is 5.02 Å². The van der Waals surface area contributed by atoms with E-state index in [0.29, 0.717) is 24.4 Å². The first-order valence-corrected chi connectivity index (χ1v) is 10.8. The molecule has 2 aromatic carbocycles. The maximum absolute atomic E-state index is 12.8. The van der Waals surface area contributed by atoms with Crippen LogP contribution in [0.1, 0.15) is 18.4 Å². The Morgan fingerprint density at radius 2 is 1.85 bits per heavy atom. The first-order chi connectivity index (χ1) is 12.9. The highest BCUT2D eigenvalue weighted by Crippen LogP contribution is 2.27. The van der Waals surface area contributed by atoms with E-state index in [1.54, 1.807) is 0 Å². The van der Waals surface area contributed by atoms with Crippen molar-refractivity contribution in [3.63, 3.8) is 0 Å². The van der Waals surface area contributed by atoms with Crippen LogP contribution in [0.15, 0.2) is 63.0 Å². The minimum absolute atomic E-state index is 0.116. The van der Waals surface area contributed by atoms with Gasteiger partial charge < -0.3 is 0 Å². The number of benzene rings is 2. The Balaban J connectivity index is 1.70. The summed E-state index contributed by atoms with van der Waals surface area (Å²) >= 11 is 9.17. The molecule has 1 aliphatic rings. The molecule has 0 bridgehead atoms. The monoisotopic (exact) mass is 469 g/mol. The summed E-state index contributed by atoms with van der Waals surface area (Å²) in [6.45, 7) is 0.291. The highest BCUT2D eigenvalue weighted by Gasteiger charge is 2.39. The normalized spacial score (nSPS) is 18.1. The van der Waals surface area contributed by atoms with Gasteiger partial charge in [0.25, 0.3) is 5.91 Å². The molecule has 27 heavy (non-hydrogen) atoms. The second-order valence-electron chi connectivity index (χ2n) is 6.01. The molecule has 2 aromatic rings. The van der Waals surface area contributed by atoms with Crippen molar-refractivity contribution in [1.29, 1.82) is 0 Å². The Kier molecular flexibility index (Phi) is 6.31. The summed E-state index contributed by atoms with van der Waals surface area (Å²) in [6, 6.07) is 12.5. The van der Waals surface area contributed by atoms with Crippen LogP contribution in [-0.4, -0.2) is 37.4 Å². The number of carbonyl (C=O) groups excluding carboxylic acids is 1. The maximum Gasteiger partial charge on any atom is 0.258 e. The molecule has 6 nitrogen and oxygen atoms in total. The molecule has 0 radical (unpaired) electrons. The van der Waals surface area contributed by atoms with Gasteiger partial charge in [0.05, 0.1) is 11.1 Å². The minimum atomic E-state index is -3.77. The van der Waals surface area contributed by atoms with Gasteiger partial charge in [0.1, 0.15) is 6.04 Å². The van der Waals surface area contributed by atoms with Crippen molar-refractivity contribution in [2.75, 3.05) is 6.54 Å². The molecule has 1 N–H and O–H groups in total. The maximum atomic E-state index is 12.8. The number of hydrogen-bond acceptors (Lipinski definition) is 4. The molecule has 1 heterocycles. The zero-order valence-electron chi connectivity index (χ0n) is 14.2. The van der Waals surface area contributed by atoms with Crippen molar-refractivity contribution < 1.29 is 13.2 Å². The predicted molar refractivity (Wildman–Crippen MR) is 108 cm³/mol. The Morgan fingerprint density at radius 3 is 2.52 bits per heavy atom. The summed E-state index contributed by atoms with van der Waals surface area (Å²) in [5, 5.41) is 4.39. The van der Waals surface area contributed by atoms with E-state index in [4.69, 9.17) is 11.6 Å². The van der Waals surface area contributed by atoms with Crippen LogP contribution in [0, 0.1) is 0 Å². The Hall–Kier alpha value is -1.74. The molecule has 1 unspecified atom stereocenters. The van der Waals surface area contributed by atoms with Gasteiger partial charge in [0, 0.05) is 16.0 Å². The number of hydrazone groups is 1. The molecular formula is C18H17BrClN3O3S. The average Bonchev–Trinajstić information content (AvgIpc) is 3.14. The highest BCUT2D eigenvalue weighted by molar-refractivity contribution is 9.10. The fraction of sp³-hybridized carbons (Fsp3) is 0.222. The summed E-state index contributed by atoms with van der Waals surface area (Å²) in [4.78, 5) is 12.6. The summed E-state index contributed by atoms with van der Waals surface area (Å²) in [5.74, 6) is -0.446. The number of hydrogen-bond donors (Lipinski definition) is 1. The smallest absolute Gasteiger partial charge is 0.258 e. The van der Waals surface area contributed by atoms with Crippen LogP contribution in [0.25, 0.3) is 0 Å². The van der Waals surface area contributed by atoms with Crippen molar-refractivity contribution in [3.05, 3.63) is 63.6 Å². The molecule has 0 aromatic heterocycles. The van der Waals surface area contributed by atoms with Gasteiger partial charge in [-0.1, -0.05) is 39.7 Å². The summed E-state index contributed by atoms with van der Waals surface area (Å²) in [7, 11) is -3.77. The number of nitrogens with zero attached hydrogens (tertiary/aromatic N) is 2. The van der Waals surface area contributed by atoms with E-state index in [1.165, 1.54) is 34.8 Å². The van der Waals surface area contributed by atoms with Gasteiger partial charge in [-0.15, -0.1) is 0 Å². The molecule has 1 fully saturated rings. The standard InChI is InChI=1S/C18H17BrClN3O3S/c19-14-5-3-13(4-6-14)12-21-22-18(24)17-2-1-11-23(17)27(25,26)16-9-7-15(20)8-10-16/h3-10,12,17H,1-2,11H2,(H,22,24)/b21-12+. The number of halogens is 2. The number of nitrogens with one attached hydrogen (secondary N) is 1. The van der Waals surface area contributed by atoms with E-state index in [2.05, 4.69) is 26.5 Å². The zero-order chi connectivity index (χ0) is 19.4. The fourth-order valence-corrected chi connectivity index (χ4v) is 4.87. The molecule has 1 aliphatic heterocycles. The molecule has 0 aliphatic carbocycles. The summed E-state index contributed by atoms with van der Waals surface area (Å²) in [5.41, 5.74) is 3.26.